The normalized spacial score (nSPS) is 10.8. The van der Waals surface area contributed by atoms with Gasteiger partial charge in [-0.1, -0.05) is 47.7 Å². The Morgan fingerprint density at radius 2 is 1.90 bits per heavy atom. The molecule has 0 spiro atoms. The third kappa shape index (κ3) is 2.83. The second-order valence-electron chi connectivity index (χ2n) is 4.76. The Labute approximate surface area is 128 Å². The number of anilines is 2. The van der Waals surface area contributed by atoms with Crippen LogP contribution in [0, 0.1) is 0 Å². The van der Waals surface area contributed by atoms with Crippen molar-refractivity contribution in [2.75, 3.05) is 23.8 Å². The zero-order valence-electron chi connectivity index (χ0n) is 12.2. The van der Waals surface area contributed by atoms with Crippen LogP contribution in [0.15, 0.2) is 42.5 Å². The van der Waals surface area contributed by atoms with E-state index in [0.717, 1.165) is 23.2 Å². The monoisotopic (exact) mass is 298 g/mol. The molecule has 3 aromatic rings. The second-order valence-corrected chi connectivity index (χ2v) is 5.83. The molecule has 0 bridgehead atoms. The lowest BCUT2D eigenvalue weighted by Gasteiger charge is -2.23. The van der Waals surface area contributed by atoms with Gasteiger partial charge in [-0.05, 0) is 18.4 Å². The molecule has 108 valence electrons. The van der Waals surface area contributed by atoms with Crippen molar-refractivity contribution in [2.24, 2.45) is 0 Å². The van der Waals surface area contributed by atoms with Gasteiger partial charge in [0.2, 0.25) is 5.13 Å². The van der Waals surface area contributed by atoms with Crippen molar-refractivity contribution < 1.29 is 0 Å². The number of fused-ring (bicyclic) bond motifs is 1. The van der Waals surface area contributed by atoms with E-state index < -0.39 is 0 Å². The van der Waals surface area contributed by atoms with Crippen molar-refractivity contribution in [3.8, 4) is 0 Å². The smallest absolute Gasteiger partial charge is 0.205 e. The highest BCUT2D eigenvalue weighted by Crippen LogP contribution is 2.28. The van der Waals surface area contributed by atoms with E-state index in [9.17, 15) is 0 Å². The summed E-state index contributed by atoms with van der Waals surface area (Å²) in [5.74, 6) is 0. The topological polar surface area (TPSA) is 41.1 Å². The Kier molecular flexibility index (Phi) is 4.01. The highest BCUT2D eigenvalue weighted by Gasteiger charge is 2.11. The van der Waals surface area contributed by atoms with Crippen LogP contribution >= 0.6 is 11.3 Å². The summed E-state index contributed by atoms with van der Waals surface area (Å²) < 4.78 is 0. The summed E-state index contributed by atoms with van der Waals surface area (Å²) in [5.41, 5.74) is 1.25. The van der Waals surface area contributed by atoms with Gasteiger partial charge in [-0.3, -0.25) is 0 Å². The summed E-state index contributed by atoms with van der Waals surface area (Å²) >= 11 is 1.60. The highest BCUT2D eigenvalue weighted by atomic mass is 32.1. The summed E-state index contributed by atoms with van der Waals surface area (Å²) in [6.07, 6.45) is 0. The fraction of sp³-hybridized carbons (Fsp3) is 0.250. The number of nitrogens with one attached hydrogen (secondary N) is 1. The zero-order valence-corrected chi connectivity index (χ0v) is 13.0. The predicted molar refractivity (Wildman–Crippen MR) is 90.1 cm³/mol. The Balaban J connectivity index is 1.94. The minimum Gasteiger partial charge on any atom is -0.364 e. The number of aromatic nitrogens is 2. The van der Waals surface area contributed by atoms with Gasteiger partial charge in [-0.2, -0.15) is 0 Å². The molecule has 0 saturated carbocycles. The lowest BCUT2D eigenvalue weighted by molar-refractivity contribution is 0.815. The van der Waals surface area contributed by atoms with E-state index in [1.165, 1.54) is 16.5 Å². The summed E-state index contributed by atoms with van der Waals surface area (Å²) in [6, 6.07) is 14.9. The molecule has 0 saturated heterocycles. The van der Waals surface area contributed by atoms with Crippen LogP contribution in [-0.2, 0) is 6.54 Å². The van der Waals surface area contributed by atoms with Crippen molar-refractivity contribution in [3.05, 3.63) is 47.5 Å². The second kappa shape index (κ2) is 6.10. The van der Waals surface area contributed by atoms with E-state index in [0.29, 0.717) is 0 Å². The van der Waals surface area contributed by atoms with Crippen molar-refractivity contribution in [1.29, 1.82) is 0 Å². The average molecular weight is 298 g/mol. The fourth-order valence-electron chi connectivity index (χ4n) is 2.43. The Morgan fingerprint density at radius 3 is 2.67 bits per heavy atom. The van der Waals surface area contributed by atoms with E-state index in [2.05, 4.69) is 69.8 Å². The third-order valence-electron chi connectivity index (χ3n) is 3.50. The molecule has 0 aliphatic rings. The van der Waals surface area contributed by atoms with Crippen LogP contribution in [0.4, 0.5) is 10.8 Å². The van der Waals surface area contributed by atoms with Crippen LogP contribution < -0.4 is 10.2 Å². The molecule has 0 amide bonds. The standard InChI is InChI=1S/C16H18N4S/c1-3-20(11-15-18-19-16(17-2)21-15)14-10-6-8-12-7-4-5-9-13(12)14/h4-10H,3,11H2,1-2H3,(H,17,19). The van der Waals surface area contributed by atoms with E-state index in [-0.39, 0.29) is 0 Å². The number of rotatable bonds is 5. The molecule has 1 N–H and O–H groups in total. The Bertz CT molecular complexity index is 732. The van der Waals surface area contributed by atoms with Crippen LogP contribution in [0.3, 0.4) is 0 Å². The number of hydrogen-bond donors (Lipinski definition) is 1. The van der Waals surface area contributed by atoms with Gasteiger partial charge >= 0.3 is 0 Å². The predicted octanol–water partition coefficient (Wildman–Crippen LogP) is 3.76. The summed E-state index contributed by atoms with van der Waals surface area (Å²) in [7, 11) is 1.87. The molecular formula is C16H18N4S. The zero-order chi connectivity index (χ0) is 14.7. The Morgan fingerprint density at radius 1 is 1.10 bits per heavy atom. The molecule has 0 aliphatic carbocycles. The Hall–Kier alpha value is -2.14. The van der Waals surface area contributed by atoms with Gasteiger partial charge in [0, 0.05) is 24.7 Å². The van der Waals surface area contributed by atoms with Gasteiger partial charge in [-0.25, -0.2) is 0 Å². The molecular weight excluding hydrogens is 280 g/mol. The van der Waals surface area contributed by atoms with Crippen molar-refractivity contribution >= 4 is 32.9 Å². The molecule has 0 atom stereocenters. The quantitative estimate of drug-likeness (QED) is 0.778. The van der Waals surface area contributed by atoms with Crippen LogP contribution in [0.2, 0.25) is 0 Å². The first-order valence-corrected chi connectivity index (χ1v) is 7.86. The largest absolute Gasteiger partial charge is 0.364 e. The van der Waals surface area contributed by atoms with E-state index in [1.54, 1.807) is 11.3 Å². The van der Waals surface area contributed by atoms with Gasteiger partial charge in [-0.15, -0.1) is 10.2 Å². The van der Waals surface area contributed by atoms with Gasteiger partial charge in [0.15, 0.2) is 0 Å². The number of nitrogens with zero attached hydrogens (tertiary/aromatic N) is 3. The number of benzene rings is 2. The summed E-state index contributed by atoms with van der Waals surface area (Å²) in [5, 5.41) is 15.8. The average Bonchev–Trinajstić information content (AvgIpc) is 3.00. The SMILES string of the molecule is CCN(Cc1nnc(NC)s1)c1cccc2ccccc12. The molecule has 0 fully saturated rings. The molecule has 0 aliphatic heterocycles. The molecule has 5 heteroatoms. The maximum Gasteiger partial charge on any atom is 0.205 e. The van der Waals surface area contributed by atoms with Gasteiger partial charge in [0.25, 0.3) is 0 Å². The molecule has 21 heavy (non-hydrogen) atoms. The van der Waals surface area contributed by atoms with Crippen molar-refractivity contribution in [1.82, 2.24) is 10.2 Å². The van der Waals surface area contributed by atoms with Gasteiger partial charge in [0.1, 0.15) is 5.01 Å². The minimum atomic E-state index is 0.782. The van der Waals surface area contributed by atoms with Crippen molar-refractivity contribution in [2.45, 2.75) is 13.5 Å². The van der Waals surface area contributed by atoms with Crippen LogP contribution in [0.5, 0.6) is 0 Å². The first-order chi connectivity index (χ1) is 10.3. The van der Waals surface area contributed by atoms with Crippen molar-refractivity contribution in [3.63, 3.8) is 0 Å². The lowest BCUT2D eigenvalue weighted by Crippen LogP contribution is -2.22. The summed E-state index contributed by atoms with van der Waals surface area (Å²) in [6.45, 7) is 3.88. The van der Waals surface area contributed by atoms with Crippen LogP contribution in [0.1, 0.15) is 11.9 Å². The van der Waals surface area contributed by atoms with Crippen LogP contribution in [0.25, 0.3) is 10.8 Å². The first-order valence-electron chi connectivity index (χ1n) is 7.04. The number of hydrogen-bond acceptors (Lipinski definition) is 5. The summed E-state index contributed by atoms with van der Waals surface area (Å²) in [4.78, 5) is 2.34. The lowest BCUT2D eigenvalue weighted by atomic mass is 10.1. The van der Waals surface area contributed by atoms with Gasteiger partial charge in [0.05, 0.1) is 6.54 Å². The maximum absolute atomic E-state index is 4.24. The molecule has 4 nitrogen and oxygen atoms in total. The first kappa shape index (κ1) is 13.8. The molecule has 1 aromatic heterocycles. The third-order valence-corrected chi connectivity index (χ3v) is 4.42. The van der Waals surface area contributed by atoms with E-state index >= 15 is 0 Å². The molecule has 0 radical (unpaired) electrons. The van der Waals surface area contributed by atoms with E-state index in [1.807, 2.05) is 7.05 Å². The maximum atomic E-state index is 4.24. The van der Waals surface area contributed by atoms with E-state index in [4.69, 9.17) is 0 Å². The molecule has 2 aromatic carbocycles. The molecule has 0 unspecified atom stereocenters. The molecule has 1 heterocycles. The van der Waals surface area contributed by atoms with Gasteiger partial charge < -0.3 is 10.2 Å². The fourth-order valence-corrected chi connectivity index (χ4v) is 3.14. The highest BCUT2D eigenvalue weighted by molar-refractivity contribution is 7.15. The van der Waals surface area contributed by atoms with Crippen LogP contribution in [-0.4, -0.2) is 23.8 Å². The minimum absolute atomic E-state index is 0.782. The molecule has 3 rings (SSSR count).